The highest BCUT2D eigenvalue weighted by Gasteiger charge is 2.02. The Morgan fingerprint density at radius 3 is 3.06 bits per heavy atom. The van der Waals surface area contributed by atoms with Crippen LogP contribution in [0, 0.1) is 17.7 Å². The van der Waals surface area contributed by atoms with E-state index in [4.69, 9.17) is 11.6 Å². The Labute approximate surface area is 98.3 Å². The number of alkyl halides is 1. The minimum Gasteiger partial charge on any atom is -0.256 e. The van der Waals surface area contributed by atoms with E-state index in [2.05, 4.69) is 16.8 Å². The predicted molar refractivity (Wildman–Crippen MR) is 63.9 cm³/mol. The molecule has 3 heteroatoms. The van der Waals surface area contributed by atoms with Crippen LogP contribution in [0.15, 0.2) is 30.5 Å². The van der Waals surface area contributed by atoms with E-state index in [0.29, 0.717) is 23.4 Å². The maximum atomic E-state index is 13.6. The fraction of sp³-hybridized carbons (Fsp3) is 0.154. The van der Waals surface area contributed by atoms with Gasteiger partial charge in [0.25, 0.3) is 0 Å². The van der Waals surface area contributed by atoms with Crippen molar-refractivity contribution in [1.82, 2.24) is 4.98 Å². The molecule has 80 valence electrons. The van der Waals surface area contributed by atoms with Crippen LogP contribution >= 0.6 is 11.6 Å². The van der Waals surface area contributed by atoms with Crippen molar-refractivity contribution in [1.29, 1.82) is 0 Å². The van der Waals surface area contributed by atoms with E-state index < -0.39 is 0 Å². The molecular formula is C13H9ClFN. The minimum absolute atomic E-state index is 0.340. The van der Waals surface area contributed by atoms with Gasteiger partial charge in [0.2, 0.25) is 0 Å². The number of rotatable bonds is 1. The number of pyridine rings is 1. The summed E-state index contributed by atoms with van der Waals surface area (Å²) in [6.07, 6.45) is 2.20. The number of hydrogen-bond donors (Lipinski definition) is 0. The molecule has 0 aliphatic carbocycles. The summed E-state index contributed by atoms with van der Waals surface area (Å²) in [7, 11) is 0. The molecule has 0 saturated carbocycles. The first-order chi connectivity index (χ1) is 7.81. The molecule has 1 heterocycles. The molecule has 0 N–H and O–H groups in total. The highest BCUT2D eigenvalue weighted by atomic mass is 35.5. The Kier molecular flexibility index (Phi) is 3.38. The van der Waals surface area contributed by atoms with E-state index >= 15 is 0 Å². The van der Waals surface area contributed by atoms with Crippen LogP contribution in [0.3, 0.4) is 0 Å². The van der Waals surface area contributed by atoms with E-state index in [1.54, 1.807) is 12.3 Å². The molecule has 0 aliphatic heterocycles. The van der Waals surface area contributed by atoms with Gasteiger partial charge >= 0.3 is 0 Å². The van der Waals surface area contributed by atoms with Gasteiger partial charge in [-0.15, -0.1) is 11.6 Å². The molecule has 0 radical (unpaired) electrons. The van der Waals surface area contributed by atoms with Crippen molar-refractivity contribution in [3.8, 4) is 11.8 Å². The average molecular weight is 234 g/mol. The Morgan fingerprint density at radius 1 is 1.38 bits per heavy atom. The van der Waals surface area contributed by atoms with Crippen molar-refractivity contribution in [2.45, 2.75) is 6.42 Å². The molecule has 0 fully saturated rings. The molecule has 0 atom stereocenters. The molecule has 0 spiro atoms. The van der Waals surface area contributed by atoms with Crippen molar-refractivity contribution < 1.29 is 4.39 Å². The maximum absolute atomic E-state index is 13.6. The first-order valence-corrected chi connectivity index (χ1v) is 5.44. The van der Waals surface area contributed by atoms with Gasteiger partial charge in [0, 0.05) is 30.0 Å². The highest BCUT2D eigenvalue weighted by molar-refractivity contribution is 6.18. The zero-order valence-corrected chi connectivity index (χ0v) is 9.26. The number of nitrogens with zero attached hydrogens (tertiary/aromatic N) is 1. The van der Waals surface area contributed by atoms with Crippen molar-refractivity contribution in [3.05, 3.63) is 41.8 Å². The normalized spacial score (nSPS) is 9.88. The molecule has 16 heavy (non-hydrogen) atoms. The lowest BCUT2D eigenvalue weighted by Crippen LogP contribution is -1.86. The second-order valence-electron chi connectivity index (χ2n) is 3.27. The molecule has 0 saturated heterocycles. The predicted octanol–water partition coefficient (Wildman–Crippen LogP) is 3.35. The Morgan fingerprint density at radius 2 is 2.25 bits per heavy atom. The monoisotopic (exact) mass is 233 g/mol. The fourth-order valence-electron chi connectivity index (χ4n) is 1.40. The second kappa shape index (κ2) is 4.96. The fourth-order valence-corrected chi connectivity index (χ4v) is 1.49. The lowest BCUT2D eigenvalue weighted by Gasteiger charge is -1.98. The SMILES string of the molecule is Fc1cc2ncccc2cc1C#CCCCl. The minimum atomic E-state index is -0.340. The summed E-state index contributed by atoms with van der Waals surface area (Å²) >= 11 is 5.50. The maximum Gasteiger partial charge on any atom is 0.141 e. The van der Waals surface area contributed by atoms with E-state index in [1.165, 1.54) is 6.07 Å². The lowest BCUT2D eigenvalue weighted by molar-refractivity contribution is 0.626. The number of hydrogen-bond acceptors (Lipinski definition) is 1. The van der Waals surface area contributed by atoms with Gasteiger partial charge in [-0.1, -0.05) is 17.9 Å². The molecule has 2 rings (SSSR count). The third-order valence-corrected chi connectivity index (χ3v) is 2.32. The molecule has 1 aromatic carbocycles. The van der Waals surface area contributed by atoms with E-state index in [1.807, 2.05) is 12.1 Å². The van der Waals surface area contributed by atoms with Gasteiger partial charge in [0.15, 0.2) is 0 Å². The number of fused-ring (bicyclic) bond motifs is 1. The smallest absolute Gasteiger partial charge is 0.141 e. The Balaban J connectivity index is 2.47. The zero-order valence-electron chi connectivity index (χ0n) is 8.50. The summed E-state index contributed by atoms with van der Waals surface area (Å²) in [5.41, 5.74) is 1.04. The summed E-state index contributed by atoms with van der Waals surface area (Å²) in [5, 5.41) is 0.888. The first-order valence-electron chi connectivity index (χ1n) is 4.90. The van der Waals surface area contributed by atoms with Gasteiger partial charge in [-0.25, -0.2) is 4.39 Å². The Bertz CT molecular complexity index is 569. The topological polar surface area (TPSA) is 12.9 Å². The Hall–Kier alpha value is -1.59. The highest BCUT2D eigenvalue weighted by Crippen LogP contribution is 2.16. The molecule has 0 bridgehead atoms. The molecule has 1 aromatic heterocycles. The van der Waals surface area contributed by atoms with Gasteiger partial charge in [-0.3, -0.25) is 4.98 Å². The standard InChI is InChI=1S/C13H9ClFN/c14-6-2-1-4-10-8-11-5-3-7-16-13(11)9-12(10)15/h3,5,7-9H,2,6H2. The van der Waals surface area contributed by atoms with Crippen molar-refractivity contribution >= 4 is 22.5 Å². The molecular weight excluding hydrogens is 225 g/mol. The average Bonchev–Trinajstić information content (AvgIpc) is 2.30. The zero-order chi connectivity index (χ0) is 11.4. The van der Waals surface area contributed by atoms with Gasteiger partial charge in [0.05, 0.1) is 11.1 Å². The second-order valence-corrected chi connectivity index (χ2v) is 3.65. The quantitative estimate of drug-likeness (QED) is 0.544. The van der Waals surface area contributed by atoms with Crippen LogP contribution < -0.4 is 0 Å². The van der Waals surface area contributed by atoms with Crippen LogP contribution in [0.4, 0.5) is 4.39 Å². The molecule has 0 aliphatic rings. The largest absolute Gasteiger partial charge is 0.256 e. The van der Waals surface area contributed by atoms with E-state index in [9.17, 15) is 4.39 Å². The first kappa shape index (κ1) is 10.9. The van der Waals surface area contributed by atoms with E-state index in [-0.39, 0.29) is 5.82 Å². The van der Waals surface area contributed by atoms with Crippen molar-refractivity contribution in [2.24, 2.45) is 0 Å². The van der Waals surface area contributed by atoms with Crippen LogP contribution in [0.5, 0.6) is 0 Å². The van der Waals surface area contributed by atoms with Gasteiger partial charge < -0.3 is 0 Å². The molecule has 0 amide bonds. The van der Waals surface area contributed by atoms with Crippen LogP contribution in [0.25, 0.3) is 10.9 Å². The number of aromatic nitrogens is 1. The van der Waals surface area contributed by atoms with E-state index in [0.717, 1.165) is 5.39 Å². The van der Waals surface area contributed by atoms with Gasteiger partial charge in [-0.2, -0.15) is 0 Å². The van der Waals surface area contributed by atoms with Gasteiger partial charge in [-0.05, 0) is 12.1 Å². The molecule has 0 unspecified atom stereocenters. The third-order valence-electron chi connectivity index (χ3n) is 2.13. The van der Waals surface area contributed by atoms with Crippen LogP contribution in [-0.4, -0.2) is 10.9 Å². The molecule has 1 nitrogen and oxygen atoms in total. The van der Waals surface area contributed by atoms with Crippen molar-refractivity contribution in [2.75, 3.05) is 5.88 Å². The summed E-state index contributed by atoms with van der Waals surface area (Å²) in [5.74, 6) is 5.71. The summed E-state index contributed by atoms with van der Waals surface area (Å²) in [6, 6.07) is 6.81. The summed E-state index contributed by atoms with van der Waals surface area (Å²) < 4.78 is 13.6. The summed E-state index contributed by atoms with van der Waals surface area (Å²) in [4.78, 5) is 4.07. The molecule has 2 aromatic rings. The lowest BCUT2D eigenvalue weighted by atomic mass is 10.1. The van der Waals surface area contributed by atoms with Crippen LogP contribution in [0.1, 0.15) is 12.0 Å². The van der Waals surface area contributed by atoms with Crippen LogP contribution in [0.2, 0.25) is 0 Å². The van der Waals surface area contributed by atoms with Crippen molar-refractivity contribution in [3.63, 3.8) is 0 Å². The third kappa shape index (κ3) is 2.32. The van der Waals surface area contributed by atoms with Gasteiger partial charge in [0.1, 0.15) is 5.82 Å². The number of halogens is 2. The van der Waals surface area contributed by atoms with Crippen LogP contribution in [-0.2, 0) is 0 Å². The number of benzene rings is 1. The summed E-state index contributed by atoms with van der Waals surface area (Å²) in [6.45, 7) is 0.